The van der Waals surface area contributed by atoms with Gasteiger partial charge >= 0.3 is 0 Å². The molecule has 1 aromatic heterocycles. The molecule has 0 bridgehead atoms. The molecule has 14 heavy (non-hydrogen) atoms. The summed E-state index contributed by atoms with van der Waals surface area (Å²) in [6.07, 6.45) is 3.28. The second kappa shape index (κ2) is 5.32. The van der Waals surface area contributed by atoms with Gasteiger partial charge in [-0.3, -0.25) is 5.10 Å². The van der Waals surface area contributed by atoms with E-state index in [2.05, 4.69) is 27.4 Å². The summed E-state index contributed by atoms with van der Waals surface area (Å²) in [5.41, 5.74) is 0. The molecule has 1 saturated heterocycles. The van der Waals surface area contributed by atoms with Crippen LogP contribution in [0.2, 0.25) is 0 Å². The van der Waals surface area contributed by atoms with E-state index in [-0.39, 0.29) is 12.4 Å². The Morgan fingerprint density at radius 3 is 2.64 bits per heavy atom. The van der Waals surface area contributed by atoms with Gasteiger partial charge in [-0.05, 0) is 25.9 Å². The maximum Gasteiger partial charge on any atom is 0.153 e. The number of aromatic nitrogens is 3. The number of aromatic amines is 1. The maximum atomic E-state index is 4.46. The molecular weight excluding hydrogens is 200 g/mol. The predicted molar refractivity (Wildman–Crippen MR) is 57.9 cm³/mol. The highest BCUT2D eigenvalue weighted by molar-refractivity contribution is 5.85. The van der Waals surface area contributed by atoms with Crippen molar-refractivity contribution < 1.29 is 0 Å². The Morgan fingerprint density at radius 2 is 2.07 bits per heavy atom. The van der Waals surface area contributed by atoms with E-state index in [0.717, 1.165) is 31.2 Å². The van der Waals surface area contributed by atoms with E-state index in [9.17, 15) is 0 Å². The van der Waals surface area contributed by atoms with Gasteiger partial charge in [0.1, 0.15) is 5.82 Å². The molecule has 0 atom stereocenters. The molecular formula is C9H17ClN4. The summed E-state index contributed by atoms with van der Waals surface area (Å²) in [5.74, 6) is 2.59. The molecule has 1 aliphatic heterocycles. The molecule has 2 heterocycles. The van der Waals surface area contributed by atoms with Crippen LogP contribution < -0.4 is 5.32 Å². The van der Waals surface area contributed by atoms with Crippen LogP contribution in [0.3, 0.4) is 0 Å². The highest BCUT2D eigenvalue weighted by Crippen LogP contribution is 2.21. The largest absolute Gasteiger partial charge is 0.317 e. The molecule has 2 rings (SSSR count). The van der Waals surface area contributed by atoms with Gasteiger partial charge in [-0.1, -0.05) is 6.92 Å². The number of halogens is 1. The van der Waals surface area contributed by atoms with Crippen molar-refractivity contribution in [2.45, 2.75) is 32.1 Å². The minimum atomic E-state index is 0. The quantitative estimate of drug-likeness (QED) is 0.783. The number of H-pyrrole nitrogens is 1. The Balaban J connectivity index is 0.000000980. The van der Waals surface area contributed by atoms with Crippen LogP contribution in [-0.4, -0.2) is 28.3 Å². The number of hydrogen-bond donors (Lipinski definition) is 2. The van der Waals surface area contributed by atoms with Crippen molar-refractivity contribution in [3.05, 3.63) is 11.6 Å². The van der Waals surface area contributed by atoms with Crippen LogP contribution in [-0.2, 0) is 6.42 Å². The van der Waals surface area contributed by atoms with Gasteiger partial charge < -0.3 is 5.32 Å². The first-order valence-corrected chi connectivity index (χ1v) is 5.02. The predicted octanol–water partition coefficient (Wildman–Crippen LogP) is 1.26. The maximum absolute atomic E-state index is 4.46. The van der Waals surface area contributed by atoms with E-state index in [1.165, 1.54) is 12.8 Å². The van der Waals surface area contributed by atoms with Gasteiger partial charge in [0.15, 0.2) is 5.82 Å². The minimum absolute atomic E-state index is 0. The van der Waals surface area contributed by atoms with Gasteiger partial charge in [-0.2, -0.15) is 5.10 Å². The zero-order valence-electron chi connectivity index (χ0n) is 8.42. The van der Waals surface area contributed by atoms with E-state index in [4.69, 9.17) is 0 Å². The van der Waals surface area contributed by atoms with Crippen LogP contribution in [0.15, 0.2) is 0 Å². The zero-order chi connectivity index (χ0) is 9.10. The van der Waals surface area contributed by atoms with E-state index >= 15 is 0 Å². The second-order valence-corrected chi connectivity index (χ2v) is 3.52. The first-order valence-electron chi connectivity index (χ1n) is 5.02. The number of nitrogens with one attached hydrogen (secondary N) is 2. The molecule has 0 saturated carbocycles. The third-order valence-corrected chi connectivity index (χ3v) is 2.59. The SMILES string of the molecule is CCc1nc(C2CCNCC2)n[nH]1.Cl. The molecule has 0 unspecified atom stereocenters. The lowest BCUT2D eigenvalue weighted by molar-refractivity contribution is 0.446. The van der Waals surface area contributed by atoms with E-state index in [1.807, 2.05) is 0 Å². The molecule has 1 aliphatic rings. The van der Waals surface area contributed by atoms with Crippen LogP contribution in [0.4, 0.5) is 0 Å². The van der Waals surface area contributed by atoms with Gasteiger partial charge in [0, 0.05) is 12.3 Å². The molecule has 5 heteroatoms. The van der Waals surface area contributed by atoms with Crippen LogP contribution in [0.1, 0.15) is 37.3 Å². The Morgan fingerprint density at radius 1 is 1.36 bits per heavy atom. The average Bonchev–Trinajstić information content (AvgIpc) is 2.67. The standard InChI is InChI=1S/C9H16N4.ClH/c1-2-8-11-9(13-12-8)7-3-5-10-6-4-7;/h7,10H,2-6H2,1H3,(H,11,12,13);1H. The second-order valence-electron chi connectivity index (χ2n) is 3.52. The number of piperidine rings is 1. The summed E-state index contributed by atoms with van der Waals surface area (Å²) in [6.45, 7) is 4.29. The highest BCUT2D eigenvalue weighted by atomic mass is 35.5. The summed E-state index contributed by atoms with van der Waals surface area (Å²) in [6, 6.07) is 0. The Labute approximate surface area is 90.3 Å². The summed E-state index contributed by atoms with van der Waals surface area (Å²) >= 11 is 0. The summed E-state index contributed by atoms with van der Waals surface area (Å²) in [7, 11) is 0. The van der Waals surface area contributed by atoms with Crippen molar-refractivity contribution in [3.63, 3.8) is 0 Å². The van der Waals surface area contributed by atoms with Gasteiger partial charge in [-0.15, -0.1) is 12.4 Å². The molecule has 0 radical (unpaired) electrons. The van der Waals surface area contributed by atoms with Gasteiger partial charge in [-0.25, -0.2) is 4.98 Å². The fraction of sp³-hybridized carbons (Fsp3) is 0.778. The minimum Gasteiger partial charge on any atom is -0.317 e. The lowest BCUT2D eigenvalue weighted by Crippen LogP contribution is -2.27. The number of hydrogen-bond acceptors (Lipinski definition) is 3. The van der Waals surface area contributed by atoms with E-state index < -0.39 is 0 Å². The Bertz CT molecular complexity index is 268. The molecule has 0 aliphatic carbocycles. The third kappa shape index (κ3) is 2.45. The molecule has 0 aromatic carbocycles. The average molecular weight is 217 g/mol. The first kappa shape index (κ1) is 11.5. The third-order valence-electron chi connectivity index (χ3n) is 2.59. The van der Waals surface area contributed by atoms with Crippen molar-refractivity contribution in [1.29, 1.82) is 0 Å². The lowest BCUT2D eigenvalue weighted by atomic mass is 9.98. The van der Waals surface area contributed by atoms with Crippen molar-refractivity contribution in [1.82, 2.24) is 20.5 Å². The number of nitrogens with zero attached hydrogens (tertiary/aromatic N) is 2. The number of aryl methyl sites for hydroxylation is 1. The first-order chi connectivity index (χ1) is 6.40. The van der Waals surface area contributed by atoms with Crippen LogP contribution >= 0.6 is 12.4 Å². The normalized spacial score (nSPS) is 17.8. The zero-order valence-corrected chi connectivity index (χ0v) is 9.23. The molecule has 4 nitrogen and oxygen atoms in total. The van der Waals surface area contributed by atoms with Crippen LogP contribution in [0.25, 0.3) is 0 Å². The van der Waals surface area contributed by atoms with E-state index in [0.29, 0.717) is 5.92 Å². The molecule has 1 fully saturated rings. The van der Waals surface area contributed by atoms with E-state index in [1.54, 1.807) is 0 Å². The fourth-order valence-electron chi connectivity index (χ4n) is 1.73. The van der Waals surface area contributed by atoms with Crippen molar-refractivity contribution in [3.8, 4) is 0 Å². The van der Waals surface area contributed by atoms with Crippen LogP contribution in [0, 0.1) is 0 Å². The molecule has 1 aromatic rings. The fourth-order valence-corrected chi connectivity index (χ4v) is 1.73. The topological polar surface area (TPSA) is 53.6 Å². The van der Waals surface area contributed by atoms with Gasteiger partial charge in [0.25, 0.3) is 0 Å². The van der Waals surface area contributed by atoms with Gasteiger partial charge in [0.05, 0.1) is 0 Å². The summed E-state index contributed by atoms with van der Waals surface area (Å²) in [4.78, 5) is 4.46. The molecule has 0 spiro atoms. The smallest absolute Gasteiger partial charge is 0.153 e. The lowest BCUT2D eigenvalue weighted by Gasteiger charge is -2.19. The van der Waals surface area contributed by atoms with Crippen LogP contribution in [0.5, 0.6) is 0 Å². The molecule has 80 valence electrons. The van der Waals surface area contributed by atoms with Crippen molar-refractivity contribution in [2.75, 3.05) is 13.1 Å². The summed E-state index contributed by atoms with van der Waals surface area (Å²) in [5, 5.41) is 10.6. The van der Waals surface area contributed by atoms with Crippen molar-refractivity contribution >= 4 is 12.4 Å². The molecule has 2 N–H and O–H groups in total. The Kier molecular flexibility index (Phi) is 4.35. The monoisotopic (exact) mass is 216 g/mol. The number of rotatable bonds is 2. The van der Waals surface area contributed by atoms with Gasteiger partial charge in [0.2, 0.25) is 0 Å². The van der Waals surface area contributed by atoms with Crippen molar-refractivity contribution in [2.24, 2.45) is 0 Å². The summed E-state index contributed by atoms with van der Waals surface area (Å²) < 4.78 is 0. The Hall–Kier alpha value is -0.610. The highest BCUT2D eigenvalue weighted by Gasteiger charge is 2.18. The molecule has 0 amide bonds.